The number of nitrogens with zero attached hydrogens (tertiary/aromatic N) is 2. The highest BCUT2D eigenvalue weighted by atomic mass is 16.3. The lowest BCUT2D eigenvalue weighted by Crippen LogP contribution is -1.89. The van der Waals surface area contributed by atoms with Crippen LogP contribution in [0.25, 0.3) is 27.3 Å². The van der Waals surface area contributed by atoms with Gasteiger partial charge in [-0.3, -0.25) is 4.40 Å². The van der Waals surface area contributed by atoms with Crippen LogP contribution in [0.4, 0.5) is 0 Å². The molecule has 3 nitrogen and oxygen atoms in total. The molecule has 0 aliphatic carbocycles. The van der Waals surface area contributed by atoms with Crippen LogP contribution in [-0.4, -0.2) is 14.5 Å². The lowest BCUT2D eigenvalue weighted by Gasteiger charge is -2.08. The van der Waals surface area contributed by atoms with Gasteiger partial charge in [0.05, 0.1) is 5.52 Å². The van der Waals surface area contributed by atoms with E-state index in [1.807, 2.05) is 24.4 Å². The molecule has 0 aliphatic rings. The molecule has 0 unspecified atom stereocenters. The van der Waals surface area contributed by atoms with E-state index in [0.29, 0.717) is 0 Å². The molecule has 0 fully saturated rings. The molecule has 0 saturated carbocycles. The summed E-state index contributed by atoms with van der Waals surface area (Å²) in [6, 6.07) is 13.6. The highest BCUT2D eigenvalue weighted by Crippen LogP contribution is 2.30. The minimum Gasteiger partial charge on any atom is -0.508 e. The van der Waals surface area contributed by atoms with Crippen LogP contribution < -0.4 is 0 Å². The summed E-state index contributed by atoms with van der Waals surface area (Å²) in [5.41, 5.74) is 2.00. The van der Waals surface area contributed by atoms with E-state index in [1.165, 1.54) is 0 Å². The van der Waals surface area contributed by atoms with Crippen molar-refractivity contribution in [3.05, 3.63) is 54.9 Å². The van der Waals surface area contributed by atoms with E-state index >= 15 is 0 Å². The summed E-state index contributed by atoms with van der Waals surface area (Å²) in [6.45, 7) is 0. The molecule has 0 aliphatic heterocycles. The van der Waals surface area contributed by atoms with Gasteiger partial charge in [0.15, 0.2) is 0 Å². The number of aromatic hydroxyl groups is 1. The molecule has 0 saturated heterocycles. The Bertz CT molecular complexity index is 893. The number of imidazole rings is 1. The van der Waals surface area contributed by atoms with Gasteiger partial charge in [0.25, 0.3) is 0 Å². The summed E-state index contributed by atoms with van der Waals surface area (Å²) in [5.74, 6) is 0.284. The van der Waals surface area contributed by atoms with Crippen LogP contribution in [0, 0.1) is 0 Å². The minimum absolute atomic E-state index is 0.284. The van der Waals surface area contributed by atoms with Crippen molar-refractivity contribution in [2.24, 2.45) is 0 Å². The number of phenolic OH excluding ortho intramolecular Hbond substituents is 1. The fraction of sp³-hybridized carbons (Fsp3) is 0. The molecular weight excluding hydrogens is 224 g/mol. The summed E-state index contributed by atoms with van der Waals surface area (Å²) in [6.07, 6.45) is 3.75. The maximum absolute atomic E-state index is 9.69. The van der Waals surface area contributed by atoms with Crippen LogP contribution in [-0.2, 0) is 0 Å². The SMILES string of the molecule is Oc1ccc2c(c1)c1ccccc1c1nccn21. The number of aromatic nitrogens is 2. The lowest BCUT2D eigenvalue weighted by molar-refractivity contribution is 0.476. The van der Waals surface area contributed by atoms with Crippen molar-refractivity contribution in [2.75, 3.05) is 0 Å². The number of benzene rings is 2. The van der Waals surface area contributed by atoms with E-state index in [2.05, 4.69) is 21.5 Å². The van der Waals surface area contributed by atoms with Gasteiger partial charge < -0.3 is 5.11 Å². The van der Waals surface area contributed by atoms with Gasteiger partial charge in [-0.2, -0.15) is 0 Å². The maximum atomic E-state index is 9.69. The van der Waals surface area contributed by atoms with Gasteiger partial charge >= 0.3 is 0 Å². The topological polar surface area (TPSA) is 37.5 Å². The highest BCUT2D eigenvalue weighted by Gasteiger charge is 2.08. The molecule has 0 amide bonds. The first kappa shape index (κ1) is 9.48. The van der Waals surface area contributed by atoms with Crippen LogP contribution in [0.3, 0.4) is 0 Å². The molecule has 1 N–H and O–H groups in total. The normalized spacial score (nSPS) is 11.6. The summed E-state index contributed by atoms with van der Waals surface area (Å²) in [5, 5.41) is 12.9. The van der Waals surface area contributed by atoms with E-state index in [0.717, 1.165) is 27.3 Å². The largest absolute Gasteiger partial charge is 0.508 e. The monoisotopic (exact) mass is 234 g/mol. The van der Waals surface area contributed by atoms with Gasteiger partial charge in [-0.15, -0.1) is 0 Å². The molecule has 3 heteroatoms. The Labute approximate surface area is 103 Å². The second kappa shape index (κ2) is 3.23. The van der Waals surface area contributed by atoms with Crippen LogP contribution in [0.5, 0.6) is 5.75 Å². The number of rotatable bonds is 0. The molecule has 2 heterocycles. The van der Waals surface area contributed by atoms with Crippen LogP contribution in [0.2, 0.25) is 0 Å². The van der Waals surface area contributed by atoms with Crippen LogP contribution in [0.1, 0.15) is 0 Å². The number of phenols is 1. The van der Waals surface area contributed by atoms with Gasteiger partial charge in [-0.25, -0.2) is 4.98 Å². The first-order valence-electron chi connectivity index (χ1n) is 5.81. The van der Waals surface area contributed by atoms with Crippen molar-refractivity contribution in [3.8, 4) is 5.75 Å². The molecular formula is C15H10N2O. The molecule has 0 spiro atoms. The van der Waals surface area contributed by atoms with Gasteiger partial charge in [-0.05, 0) is 23.6 Å². The summed E-state index contributed by atoms with van der Waals surface area (Å²) in [7, 11) is 0. The standard InChI is InChI=1S/C15H10N2O/c18-10-5-6-14-13(9-10)11-3-1-2-4-12(11)15-16-7-8-17(14)15/h1-9,18H. The number of pyridine rings is 1. The first-order valence-corrected chi connectivity index (χ1v) is 5.81. The number of fused-ring (bicyclic) bond motifs is 6. The third-order valence-electron chi connectivity index (χ3n) is 3.34. The van der Waals surface area contributed by atoms with Crippen LogP contribution >= 0.6 is 0 Å². The fourth-order valence-electron chi connectivity index (χ4n) is 2.56. The smallest absolute Gasteiger partial charge is 0.145 e. The van der Waals surface area contributed by atoms with E-state index in [4.69, 9.17) is 0 Å². The zero-order valence-electron chi connectivity index (χ0n) is 9.54. The van der Waals surface area contributed by atoms with Crippen molar-refractivity contribution in [2.45, 2.75) is 0 Å². The zero-order valence-corrected chi connectivity index (χ0v) is 9.54. The first-order chi connectivity index (χ1) is 8.84. The molecule has 0 atom stereocenters. The second-order valence-electron chi connectivity index (χ2n) is 4.37. The Hall–Kier alpha value is -2.55. The van der Waals surface area contributed by atoms with E-state index in [-0.39, 0.29) is 5.75 Å². The second-order valence-corrected chi connectivity index (χ2v) is 4.37. The van der Waals surface area contributed by atoms with Gasteiger partial charge in [-0.1, -0.05) is 24.3 Å². The van der Waals surface area contributed by atoms with Gasteiger partial charge in [0.2, 0.25) is 0 Å². The Morgan fingerprint density at radius 1 is 0.944 bits per heavy atom. The molecule has 2 aromatic heterocycles. The van der Waals surface area contributed by atoms with E-state index < -0.39 is 0 Å². The Kier molecular flexibility index (Phi) is 1.70. The molecule has 18 heavy (non-hydrogen) atoms. The summed E-state index contributed by atoms with van der Waals surface area (Å²) >= 11 is 0. The van der Waals surface area contributed by atoms with Crippen molar-refractivity contribution in [1.82, 2.24) is 9.38 Å². The molecule has 86 valence electrons. The minimum atomic E-state index is 0.284. The van der Waals surface area contributed by atoms with Gasteiger partial charge in [0, 0.05) is 23.2 Å². The summed E-state index contributed by atoms with van der Waals surface area (Å²) < 4.78 is 2.05. The Balaban J connectivity index is 2.44. The molecule has 0 radical (unpaired) electrons. The average molecular weight is 234 g/mol. The number of hydrogen-bond donors (Lipinski definition) is 1. The third-order valence-corrected chi connectivity index (χ3v) is 3.34. The zero-order chi connectivity index (χ0) is 12.1. The molecule has 2 aromatic carbocycles. The molecule has 4 aromatic rings. The molecule has 0 bridgehead atoms. The third kappa shape index (κ3) is 1.10. The summed E-state index contributed by atoms with van der Waals surface area (Å²) in [4.78, 5) is 4.42. The maximum Gasteiger partial charge on any atom is 0.145 e. The van der Waals surface area contributed by atoms with Crippen molar-refractivity contribution >= 4 is 27.3 Å². The average Bonchev–Trinajstić information content (AvgIpc) is 2.88. The quantitative estimate of drug-likeness (QED) is 0.474. The molecule has 4 rings (SSSR count). The van der Waals surface area contributed by atoms with E-state index in [1.54, 1.807) is 18.3 Å². The van der Waals surface area contributed by atoms with Crippen molar-refractivity contribution in [1.29, 1.82) is 0 Å². The lowest BCUT2D eigenvalue weighted by atomic mass is 10.1. The Morgan fingerprint density at radius 3 is 2.67 bits per heavy atom. The predicted octanol–water partition coefficient (Wildman–Crippen LogP) is 3.35. The van der Waals surface area contributed by atoms with Gasteiger partial charge in [0.1, 0.15) is 11.4 Å². The van der Waals surface area contributed by atoms with E-state index in [9.17, 15) is 5.11 Å². The van der Waals surface area contributed by atoms with Crippen molar-refractivity contribution in [3.63, 3.8) is 0 Å². The fourth-order valence-corrected chi connectivity index (χ4v) is 2.56. The predicted molar refractivity (Wildman–Crippen MR) is 71.9 cm³/mol. The Morgan fingerprint density at radius 2 is 1.78 bits per heavy atom. The van der Waals surface area contributed by atoms with Crippen molar-refractivity contribution < 1.29 is 5.11 Å². The highest BCUT2D eigenvalue weighted by molar-refractivity contribution is 6.11. The number of hydrogen-bond acceptors (Lipinski definition) is 2. The van der Waals surface area contributed by atoms with Crippen LogP contribution in [0.15, 0.2) is 54.9 Å².